The van der Waals surface area contributed by atoms with Crippen molar-refractivity contribution in [2.24, 2.45) is 0 Å². The molecule has 19 heavy (non-hydrogen) atoms. The van der Waals surface area contributed by atoms with Gasteiger partial charge in [0.05, 0.1) is 23.1 Å². The fourth-order valence-corrected chi connectivity index (χ4v) is 1.84. The number of hydrogen-bond donors (Lipinski definition) is 3. The lowest BCUT2D eigenvalue weighted by Crippen LogP contribution is -2.31. The minimum atomic E-state index is -0.283. The topological polar surface area (TPSA) is 83.0 Å². The maximum absolute atomic E-state index is 11.9. The highest BCUT2D eigenvalue weighted by Gasteiger charge is 2.15. The van der Waals surface area contributed by atoms with Gasteiger partial charge >= 0.3 is 6.03 Å². The lowest BCUT2D eigenvalue weighted by Gasteiger charge is -2.12. The first-order valence-corrected chi connectivity index (χ1v) is 6.12. The van der Waals surface area contributed by atoms with Gasteiger partial charge in [-0.15, -0.1) is 0 Å². The van der Waals surface area contributed by atoms with Crippen LogP contribution in [0, 0.1) is 20.8 Å². The smallest absolute Gasteiger partial charge is 0.319 e. The van der Waals surface area contributed by atoms with Gasteiger partial charge in [-0.3, -0.25) is 5.10 Å². The van der Waals surface area contributed by atoms with Gasteiger partial charge in [-0.1, -0.05) is 0 Å². The Bertz CT molecular complexity index is 566. The maximum Gasteiger partial charge on any atom is 0.319 e. The number of furan rings is 1. The third-order valence-electron chi connectivity index (χ3n) is 2.90. The predicted octanol–water partition coefficient (Wildman–Crippen LogP) is 2.81. The van der Waals surface area contributed by atoms with Crippen molar-refractivity contribution >= 4 is 11.7 Å². The summed E-state index contributed by atoms with van der Waals surface area (Å²) in [5.41, 5.74) is 2.30. The number of H-pyrrole nitrogens is 1. The molecule has 2 amide bonds. The summed E-state index contributed by atoms with van der Waals surface area (Å²) in [6.45, 7) is 7.43. The molecule has 2 aromatic rings. The molecule has 0 aliphatic carbocycles. The van der Waals surface area contributed by atoms with Crippen LogP contribution in [-0.2, 0) is 0 Å². The van der Waals surface area contributed by atoms with E-state index in [1.165, 1.54) is 0 Å². The first-order valence-electron chi connectivity index (χ1n) is 6.12. The fraction of sp³-hybridized carbons (Fsp3) is 0.385. The van der Waals surface area contributed by atoms with Crippen molar-refractivity contribution in [3.05, 3.63) is 35.0 Å². The zero-order valence-corrected chi connectivity index (χ0v) is 11.5. The first-order chi connectivity index (χ1) is 8.97. The molecule has 1 atom stereocenters. The van der Waals surface area contributed by atoms with E-state index in [0.29, 0.717) is 5.69 Å². The Morgan fingerprint density at radius 2 is 2.11 bits per heavy atom. The zero-order valence-electron chi connectivity index (χ0n) is 11.5. The molecule has 0 aromatic carbocycles. The van der Waals surface area contributed by atoms with Gasteiger partial charge in [0.2, 0.25) is 0 Å². The zero-order chi connectivity index (χ0) is 14.0. The van der Waals surface area contributed by atoms with E-state index in [9.17, 15) is 4.79 Å². The monoisotopic (exact) mass is 262 g/mol. The quantitative estimate of drug-likeness (QED) is 0.795. The molecule has 6 nitrogen and oxygen atoms in total. The average Bonchev–Trinajstić information content (AvgIpc) is 2.90. The lowest BCUT2D eigenvalue weighted by molar-refractivity contribution is 0.247. The number of aromatic amines is 1. The second-order valence-electron chi connectivity index (χ2n) is 4.58. The van der Waals surface area contributed by atoms with Gasteiger partial charge in [0.15, 0.2) is 0 Å². The standard InChI is InChI=1S/C13H18N4O2/c1-7-5-6-11(19-7)8(2)14-13(18)15-12-9(3)16-17-10(12)4/h5-6,8H,1-4H3,(H,16,17)(H2,14,15,18)/t8-/m1/s1. The molecule has 0 saturated heterocycles. The predicted molar refractivity (Wildman–Crippen MR) is 72.1 cm³/mol. The molecule has 2 aromatic heterocycles. The van der Waals surface area contributed by atoms with Crippen LogP contribution >= 0.6 is 0 Å². The summed E-state index contributed by atoms with van der Waals surface area (Å²) < 4.78 is 5.47. The van der Waals surface area contributed by atoms with E-state index in [1.807, 2.05) is 39.8 Å². The SMILES string of the molecule is Cc1ccc([C@@H](C)NC(=O)Nc2c(C)n[nH]c2C)o1. The van der Waals surface area contributed by atoms with Crippen LogP contribution in [0.2, 0.25) is 0 Å². The number of hydrogen-bond acceptors (Lipinski definition) is 3. The summed E-state index contributed by atoms with van der Waals surface area (Å²) in [5.74, 6) is 1.55. The van der Waals surface area contributed by atoms with Crippen LogP contribution in [0.15, 0.2) is 16.5 Å². The maximum atomic E-state index is 11.9. The fourth-order valence-electron chi connectivity index (χ4n) is 1.84. The van der Waals surface area contributed by atoms with Gasteiger partial charge in [-0.25, -0.2) is 4.79 Å². The highest BCUT2D eigenvalue weighted by molar-refractivity contribution is 5.90. The highest BCUT2D eigenvalue weighted by atomic mass is 16.3. The summed E-state index contributed by atoms with van der Waals surface area (Å²) in [4.78, 5) is 11.9. The van der Waals surface area contributed by atoms with Crippen molar-refractivity contribution < 1.29 is 9.21 Å². The summed E-state index contributed by atoms with van der Waals surface area (Å²) in [6.07, 6.45) is 0. The molecule has 0 radical (unpaired) electrons. The van der Waals surface area contributed by atoms with Crippen LogP contribution in [0.5, 0.6) is 0 Å². The molecule has 0 saturated carbocycles. The van der Waals surface area contributed by atoms with E-state index >= 15 is 0 Å². The van der Waals surface area contributed by atoms with Gasteiger partial charge < -0.3 is 15.1 Å². The van der Waals surface area contributed by atoms with Crippen molar-refractivity contribution in [2.45, 2.75) is 33.7 Å². The molecule has 0 bridgehead atoms. The van der Waals surface area contributed by atoms with E-state index in [-0.39, 0.29) is 12.1 Å². The van der Waals surface area contributed by atoms with Crippen molar-refractivity contribution in [1.82, 2.24) is 15.5 Å². The molecule has 102 valence electrons. The third-order valence-corrected chi connectivity index (χ3v) is 2.90. The number of rotatable bonds is 3. The van der Waals surface area contributed by atoms with E-state index in [4.69, 9.17) is 4.42 Å². The Morgan fingerprint density at radius 3 is 2.63 bits per heavy atom. The average molecular weight is 262 g/mol. The Morgan fingerprint density at radius 1 is 1.37 bits per heavy atom. The summed E-state index contributed by atoms with van der Waals surface area (Å²) in [6, 6.07) is 3.25. The molecule has 2 heterocycles. The van der Waals surface area contributed by atoms with Gasteiger partial charge in [0, 0.05) is 0 Å². The number of amides is 2. The number of carbonyl (C=O) groups excluding carboxylic acids is 1. The molecular formula is C13H18N4O2. The summed E-state index contributed by atoms with van der Waals surface area (Å²) in [5, 5.41) is 12.4. The molecule has 0 unspecified atom stereocenters. The molecule has 0 fully saturated rings. The van der Waals surface area contributed by atoms with Crippen molar-refractivity contribution in [3.63, 3.8) is 0 Å². The highest BCUT2D eigenvalue weighted by Crippen LogP contribution is 2.18. The van der Waals surface area contributed by atoms with E-state index in [1.54, 1.807) is 0 Å². The van der Waals surface area contributed by atoms with Crippen LogP contribution in [0.25, 0.3) is 0 Å². The number of urea groups is 1. The van der Waals surface area contributed by atoms with E-state index in [0.717, 1.165) is 22.9 Å². The minimum absolute atomic E-state index is 0.193. The Balaban J connectivity index is 1.98. The van der Waals surface area contributed by atoms with Crippen LogP contribution in [0.3, 0.4) is 0 Å². The Kier molecular flexibility index (Phi) is 3.59. The Hall–Kier alpha value is -2.24. The van der Waals surface area contributed by atoms with Crippen molar-refractivity contribution in [2.75, 3.05) is 5.32 Å². The number of anilines is 1. The molecule has 0 aliphatic heterocycles. The molecule has 0 spiro atoms. The summed E-state index contributed by atoms with van der Waals surface area (Å²) in [7, 11) is 0. The number of carbonyl (C=O) groups is 1. The molecular weight excluding hydrogens is 244 g/mol. The number of aromatic nitrogens is 2. The van der Waals surface area contributed by atoms with Gasteiger partial charge in [-0.05, 0) is 39.8 Å². The van der Waals surface area contributed by atoms with Crippen LogP contribution in [-0.4, -0.2) is 16.2 Å². The van der Waals surface area contributed by atoms with E-state index < -0.39 is 0 Å². The number of nitrogens with one attached hydrogen (secondary N) is 3. The van der Waals surface area contributed by atoms with Crippen LogP contribution in [0.1, 0.15) is 35.9 Å². The molecule has 2 rings (SSSR count). The second kappa shape index (κ2) is 5.17. The van der Waals surface area contributed by atoms with Crippen LogP contribution in [0.4, 0.5) is 10.5 Å². The normalized spacial score (nSPS) is 12.2. The Labute approximate surface area is 111 Å². The largest absolute Gasteiger partial charge is 0.464 e. The molecule has 6 heteroatoms. The van der Waals surface area contributed by atoms with Gasteiger partial charge in [0.25, 0.3) is 0 Å². The number of aryl methyl sites for hydroxylation is 3. The number of nitrogens with zero attached hydrogens (tertiary/aromatic N) is 1. The van der Waals surface area contributed by atoms with Gasteiger partial charge in [0.1, 0.15) is 11.5 Å². The van der Waals surface area contributed by atoms with Gasteiger partial charge in [-0.2, -0.15) is 5.10 Å². The minimum Gasteiger partial charge on any atom is -0.464 e. The van der Waals surface area contributed by atoms with Crippen molar-refractivity contribution in [3.8, 4) is 0 Å². The third kappa shape index (κ3) is 2.96. The first kappa shape index (κ1) is 13.2. The molecule has 3 N–H and O–H groups in total. The van der Waals surface area contributed by atoms with E-state index in [2.05, 4.69) is 20.8 Å². The lowest BCUT2D eigenvalue weighted by atomic mass is 10.2. The van der Waals surface area contributed by atoms with Crippen LogP contribution < -0.4 is 10.6 Å². The van der Waals surface area contributed by atoms with Crippen molar-refractivity contribution in [1.29, 1.82) is 0 Å². The summed E-state index contributed by atoms with van der Waals surface area (Å²) >= 11 is 0. The molecule has 0 aliphatic rings. The second-order valence-corrected chi connectivity index (χ2v) is 4.58.